The fraction of sp³-hybridized carbons (Fsp3) is 0.0588. The minimum absolute atomic E-state index is 0.186. The van der Waals surface area contributed by atoms with E-state index in [4.69, 9.17) is 6.42 Å². The number of nitrogens with one attached hydrogen (secondary N) is 2. The first-order valence-electron chi connectivity index (χ1n) is 6.39. The molecule has 0 spiro atoms. The van der Waals surface area contributed by atoms with Crippen LogP contribution in [0.5, 0.6) is 0 Å². The molecule has 4 nitrogen and oxygen atoms in total. The highest BCUT2D eigenvalue weighted by Crippen LogP contribution is 2.11. The maximum atomic E-state index is 12.0. The van der Waals surface area contributed by atoms with Crippen molar-refractivity contribution in [2.45, 2.75) is 0 Å². The third kappa shape index (κ3) is 3.95. The number of hydrogen-bond donors (Lipinski definition) is 2. The van der Waals surface area contributed by atoms with Crippen molar-refractivity contribution in [3.05, 3.63) is 65.7 Å². The summed E-state index contributed by atoms with van der Waals surface area (Å²) >= 11 is 0. The molecule has 0 aliphatic carbocycles. The zero-order chi connectivity index (χ0) is 15.1. The Hall–Kier alpha value is -3.06. The summed E-state index contributed by atoms with van der Waals surface area (Å²) in [6, 6.07) is 15.5. The van der Waals surface area contributed by atoms with Crippen LogP contribution >= 0.6 is 0 Å². The maximum absolute atomic E-state index is 12.0. The van der Waals surface area contributed by atoms with Gasteiger partial charge in [0, 0.05) is 16.8 Å². The van der Waals surface area contributed by atoms with Crippen molar-refractivity contribution in [1.29, 1.82) is 0 Å². The summed E-state index contributed by atoms with van der Waals surface area (Å²) < 4.78 is 0. The molecule has 0 heterocycles. The Bertz CT molecular complexity index is 670. The highest BCUT2D eigenvalue weighted by Gasteiger charge is 2.07. The predicted octanol–water partition coefficient (Wildman–Crippen LogP) is 2.30. The second-order valence-corrected chi connectivity index (χ2v) is 4.28. The molecule has 0 saturated heterocycles. The van der Waals surface area contributed by atoms with Crippen molar-refractivity contribution in [3.63, 3.8) is 0 Å². The van der Waals surface area contributed by atoms with Gasteiger partial charge in [-0.2, -0.15) is 0 Å². The fourth-order valence-corrected chi connectivity index (χ4v) is 1.73. The Balaban J connectivity index is 2.01. The van der Waals surface area contributed by atoms with Crippen LogP contribution in [0.2, 0.25) is 0 Å². The van der Waals surface area contributed by atoms with Crippen molar-refractivity contribution in [3.8, 4) is 12.3 Å². The van der Waals surface area contributed by atoms with Crippen molar-refractivity contribution in [1.82, 2.24) is 5.32 Å². The first-order chi connectivity index (χ1) is 10.2. The van der Waals surface area contributed by atoms with E-state index in [1.165, 1.54) is 0 Å². The van der Waals surface area contributed by atoms with Crippen molar-refractivity contribution in [2.75, 3.05) is 11.9 Å². The van der Waals surface area contributed by atoms with Gasteiger partial charge in [-0.15, -0.1) is 6.42 Å². The molecule has 0 aliphatic heterocycles. The summed E-state index contributed by atoms with van der Waals surface area (Å²) in [5, 5.41) is 5.34. The van der Waals surface area contributed by atoms with Gasteiger partial charge in [0.1, 0.15) is 0 Å². The van der Waals surface area contributed by atoms with E-state index in [2.05, 4.69) is 16.6 Å². The molecule has 0 aliphatic rings. The second kappa shape index (κ2) is 6.92. The van der Waals surface area contributed by atoms with E-state index < -0.39 is 0 Å². The van der Waals surface area contributed by atoms with Crippen LogP contribution in [-0.4, -0.2) is 18.4 Å². The van der Waals surface area contributed by atoms with Gasteiger partial charge in [0.15, 0.2) is 0 Å². The highest BCUT2D eigenvalue weighted by atomic mass is 16.2. The van der Waals surface area contributed by atoms with Crippen LogP contribution < -0.4 is 10.6 Å². The molecule has 0 radical (unpaired) electrons. The minimum Gasteiger partial charge on any atom is -0.341 e. The number of amides is 2. The molecular weight excluding hydrogens is 264 g/mol. The van der Waals surface area contributed by atoms with E-state index in [1.54, 1.807) is 48.5 Å². The van der Waals surface area contributed by atoms with E-state index in [0.717, 1.165) is 0 Å². The summed E-state index contributed by atoms with van der Waals surface area (Å²) in [6.45, 7) is 0.186. The van der Waals surface area contributed by atoms with E-state index in [9.17, 15) is 9.59 Å². The first-order valence-corrected chi connectivity index (χ1v) is 6.39. The number of hydrogen-bond acceptors (Lipinski definition) is 2. The molecule has 104 valence electrons. The van der Waals surface area contributed by atoms with E-state index >= 15 is 0 Å². The maximum Gasteiger partial charge on any atom is 0.255 e. The quantitative estimate of drug-likeness (QED) is 0.843. The molecule has 4 heteroatoms. The molecule has 0 aromatic heterocycles. The average molecular weight is 278 g/mol. The number of carbonyl (C=O) groups excluding carboxylic acids is 2. The summed E-state index contributed by atoms with van der Waals surface area (Å²) in [6.07, 6.45) is 5.08. The monoisotopic (exact) mass is 278 g/mol. The Morgan fingerprint density at radius 3 is 2.14 bits per heavy atom. The van der Waals surface area contributed by atoms with E-state index in [0.29, 0.717) is 16.8 Å². The van der Waals surface area contributed by atoms with Crippen molar-refractivity contribution >= 4 is 17.5 Å². The zero-order valence-electron chi connectivity index (χ0n) is 11.3. The standard InChI is InChI=1S/C17H14N2O2/c1-2-12-18-16(20)14-8-10-15(11-9-14)19-17(21)13-6-4-3-5-7-13/h1,3-11H,12H2,(H,18,20)(H,19,21). The fourth-order valence-electron chi connectivity index (χ4n) is 1.73. The number of rotatable bonds is 4. The van der Waals surface area contributed by atoms with Gasteiger partial charge in [-0.05, 0) is 36.4 Å². The molecule has 2 N–H and O–H groups in total. The van der Waals surface area contributed by atoms with Crippen LogP contribution in [0.1, 0.15) is 20.7 Å². The minimum atomic E-state index is -0.242. The summed E-state index contributed by atoms with van der Waals surface area (Å²) in [4.78, 5) is 23.6. The molecule has 0 fully saturated rings. The highest BCUT2D eigenvalue weighted by molar-refractivity contribution is 6.04. The molecule has 0 bridgehead atoms. The summed E-state index contributed by atoms with van der Waals surface area (Å²) in [5.41, 5.74) is 1.69. The third-order valence-electron chi connectivity index (χ3n) is 2.79. The van der Waals surface area contributed by atoms with Gasteiger partial charge in [-0.1, -0.05) is 24.1 Å². The van der Waals surface area contributed by atoms with E-state index in [-0.39, 0.29) is 18.4 Å². The van der Waals surface area contributed by atoms with Gasteiger partial charge < -0.3 is 10.6 Å². The predicted molar refractivity (Wildman–Crippen MR) is 82.0 cm³/mol. The molecule has 2 amide bonds. The molecular formula is C17H14N2O2. The molecule has 21 heavy (non-hydrogen) atoms. The molecule has 2 rings (SSSR count). The van der Waals surface area contributed by atoms with Crippen LogP contribution in [-0.2, 0) is 0 Å². The van der Waals surface area contributed by atoms with E-state index in [1.807, 2.05) is 6.07 Å². The van der Waals surface area contributed by atoms with Gasteiger partial charge in [0.25, 0.3) is 11.8 Å². The number of anilines is 1. The average Bonchev–Trinajstić information content (AvgIpc) is 2.54. The first kappa shape index (κ1) is 14.4. The largest absolute Gasteiger partial charge is 0.341 e. The Morgan fingerprint density at radius 1 is 0.905 bits per heavy atom. The normalized spacial score (nSPS) is 9.48. The van der Waals surface area contributed by atoms with Gasteiger partial charge >= 0.3 is 0 Å². The number of carbonyl (C=O) groups is 2. The lowest BCUT2D eigenvalue weighted by molar-refractivity contribution is 0.0958. The molecule has 0 atom stereocenters. The van der Waals surface area contributed by atoms with Crippen LogP contribution in [0.3, 0.4) is 0 Å². The molecule has 2 aromatic rings. The van der Waals surface area contributed by atoms with Crippen LogP contribution in [0.15, 0.2) is 54.6 Å². The topological polar surface area (TPSA) is 58.2 Å². The van der Waals surface area contributed by atoms with Crippen molar-refractivity contribution < 1.29 is 9.59 Å². The zero-order valence-corrected chi connectivity index (χ0v) is 11.3. The van der Waals surface area contributed by atoms with Crippen LogP contribution in [0.4, 0.5) is 5.69 Å². The number of benzene rings is 2. The lowest BCUT2D eigenvalue weighted by Crippen LogP contribution is -2.23. The van der Waals surface area contributed by atoms with Crippen molar-refractivity contribution in [2.24, 2.45) is 0 Å². The SMILES string of the molecule is C#CCNC(=O)c1ccc(NC(=O)c2ccccc2)cc1. The summed E-state index contributed by atoms with van der Waals surface area (Å²) in [5.74, 6) is 1.90. The van der Waals surface area contributed by atoms with Gasteiger partial charge in [0.2, 0.25) is 0 Å². The third-order valence-corrected chi connectivity index (χ3v) is 2.79. The molecule has 0 saturated carbocycles. The van der Waals surface area contributed by atoms with Gasteiger partial charge in [-0.3, -0.25) is 9.59 Å². The lowest BCUT2D eigenvalue weighted by Gasteiger charge is -2.06. The molecule has 0 unspecified atom stereocenters. The van der Waals surface area contributed by atoms with Gasteiger partial charge in [0.05, 0.1) is 6.54 Å². The smallest absolute Gasteiger partial charge is 0.255 e. The molecule has 2 aromatic carbocycles. The lowest BCUT2D eigenvalue weighted by atomic mass is 10.1. The van der Waals surface area contributed by atoms with Crippen LogP contribution in [0, 0.1) is 12.3 Å². The van der Waals surface area contributed by atoms with Gasteiger partial charge in [-0.25, -0.2) is 0 Å². The number of terminal acetylenes is 1. The summed E-state index contributed by atoms with van der Waals surface area (Å²) in [7, 11) is 0. The Labute approximate surface area is 123 Å². The van der Waals surface area contributed by atoms with Crippen LogP contribution in [0.25, 0.3) is 0 Å². The Morgan fingerprint density at radius 2 is 1.52 bits per heavy atom. The Kier molecular flexibility index (Phi) is 4.73. The second-order valence-electron chi connectivity index (χ2n) is 4.28.